The number of aromatic nitrogens is 2. The number of aryl methyl sites for hydroxylation is 1. The van der Waals surface area contributed by atoms with Gasteiger partial charge in [-0.15, -0.1) is 0 Å². The summed E-state index contributed by atoms with van der Waals surface area (Å²) in [5.74, 6) is 0. The summed E-state index contributed by atoms with van der Waals surface area (Å²) in [4.78, 5) is 3.97. The number of hydrogen-bond acceptors (Lipinski definition) is 2. The summed E-state index contributed by atoms with van der Waals surface area (Å²) < 4.78 is 1.68. The summed E-state index contributed by atoms with van der Waals surface area (Å²) in [6, 6.07) is 3.71. The molecule has 3 nitrogen and oxygen atoms in total. The zero-order chi connectivity index (χ0) is 9.40. The summed E-state index contributed by atoms with van der Waals surface area (Å²) in [5, 5.41) is 3.97. The molecule has 3 heteroatoms. The molecule has 0 radical (unpaired) electrons. The Kier molecular flexibility index (Phi) is 5.61. The van der Waals surface area contributed by atoms with Gasteiger partial charge in [0.2, 0.25) is 0 Å². The van der Waals surface area contributed by atoms with E-state index in [0.29, 0.717) is 0 Å². The van der Waals surface area contributed by atoms with E-state index in [1.165, 1.54) is 6.20 Å². The van der Waals surface area contributed by atoms with Crippen molar-refractivity contribution in [1.29, 1.82) is 0 Å². The molecule has 0 aliphatic rings. The first-order chi connectivity index (χ1) is 5.84. The van der Waals surface area contributed by atoms with Gasteiger partial charge >= 0.3 is 0 Å². The third-order valence-corrected chi connectivity index (χ3v) is 1.13. The van der Waals surface area contributed by atoms with E-state index in [9.17, 15) is 0 Å². The highest BCUT2D eigenvalue weighted by molar-refractivity contribution is 4.85. The highest BCUT2D eigenvalue weighted by atomic mass is 15.3. The molecule has 1 heterocycles. The van der Waals surface area contributed by atoms with Crippen LogP contribution in [0.3, 0.4) is 0 Å². The SMILES string of the molecule is C=CN=c1cccnn1C.CC. The summed E-state index contributed by atoms with van der Waals surface area (Å²) in [6.07, 6.45) is 3.21. The Balaban J connectivity index is 0.000000561. The van der Waals surface area contributed by atoms with Gasteiger partial charge in [-0.25, -0.2) is 4.99 Å². The fraction of sp³-hybridized carbons (Fsp3) is 0.333. The van der Waals surface area contributed by atoms with Gasteiger partial charge in [0.25, 0.3) is 0 Å². The maximum atomic E-state index is 3.97. The van der Waals surface area contributed by atoms with Crippen molar-refractivity contribution in [3.8, 4) is 0 Å². The van der Waals surface area contributed by atoms with Crippen LogP contribution < -0.4 is 5.49 Å². The fourth-order valence-electron chi connectivity index (χ4n) is 0.655. The van der Waals surface area contributed by atoms with E-state index in [2.05, 4.69) is 16.7 Å². The first-order valence-corrected chi connectivity index (χ1v) is 3.97. The summed E-state index contributed by atoms with van der Waals surface area (Å²) in [7, 11) is 1.84. The summed E-state index contributed by atoms with van der Waals surface area (Å²) in [5.41, 5.74) is 0.803. The van der Waals surface area contributed by atoms with Crippen LogP contribution in [0.4, 0.5) is 0 Å². The quantitative estimate of drug-likeness (QED) is 0.620. The van der Waals surface area contributed by atoms with Crippen LogP contribution in [0.25, 0.3) is 0 Å². The Morgan fingerprint density at radius 3 is 2.75 bits per heavy atom. The minimum Gasteiger partial charge on any atom is -0.251 e. The minimum atomic E-state index is 0.803. The van der Waals surface area contributed by atoms with Gasteiger partial charge in [0.15, 0.2) is 0 Å². The maximum Gasteiger partial charge on any atom is 0.148 e. The Hall–Kier alpha value is -1.38. The Bertz CT molecular complexity index is 286. The van der Waals surface area contributed by atoms with Crippen molar-refractivity contribution < 1.29 is 0 Å². The molecule has 0 saturated heterocycles. The van der Waals surface area contributed by atoms with Crippen molar-refractivity contribution in [3.63, 3.8) is 0 Å². The van der Waals surface area contributed by atoms with E-state index in [1.807, 2.05) is 33.0 Å². The molecule has 12 heavy (non-hydrogen) atoms. The Labute approximate surface area is 73.1 Å². The Morgan fingerprint density at radius 2 is 2.25 bits per heavy atom. The highest BCUT2D eigenvalue weighted by Crippen LogP contribution is 1.70. The summed E-state index contributed by atoms with van der Waals surface area (Å²) >= 11 is 0. The molecule has 0 fully saturated rings. The number of nitrogens with zero attached hydrogens (tertiary/aromatic N) is 3. The second-order valence-corrected chi connectivity index (χ2v) is 1.82. The van der Waals surface area contributed by atoms with Gasteiger partial charge in [-0.3, -0.25) is 4.68 Å². The normalized spacial score (nSPS) is 10.1. The molecule has 0 amide bonds. The van der Waals surface area contributed by atoms with Crippen LogP contribution in [0.1, 0.15) is 13.8 Å². The lowest BCUT2D eigenvalue weighted by molar-refractivity contribution is 0.692. The van der Waals surface area contributed by atoms with Gasteiger partial charge in [-0.05, 0) is 12.1 Å². The molecule has 0 aliphatic heterocycles. The topological polar surface area (TPSA) is 30.2 Å². The molecule has 1 aromatic heterocycles. The molecule has 1 aromatic rings. The van der Waals surface area contributed by atoms with E-state index in [1.54, 1.807) is 10.9 Å². The van der Waals surface area contributed by atoms with Crippen LogP contribution in [-0.4, -0.2) is 9.78 Å². The van der Waals surface area contributed by atoms with Crippen LogP contribution in [0.2, 0.25) is 0 Å². The lowest BCUT2D eigenvalue weighted by Gasteiger charge is -1.93. The molecule has 1 rings (SSSR count). The van der Waals surface area contributed by atoms with Crippen molar-refractivity contribution in [3.05, 3.63) is 36.6 Å². The zero-order valence-electron chi connectivity index (χ0n) is 7.86. The monoisotopic (exact) mass is 165 g/mol. The van der Waals surface area contributed by atoms with E-state index in [-0.39, 0.29) is 0 Å². The van der Waals surface area contributed by atoms with Crippen LogP contribution in [0, 0.1) is 0 Å². The third kappa shape index (κ3) is 3.14. The van der Waals surface area contributed by atoms with Crippen LogP contribution >= 0.6 is 0 Å². The van der Waals surface area contributed by atoms with Gasteiger partial charge in [-0.2, -0.15) is 5.10 Å². The molecule has 0 unspecified atom stereocenters. The van der Waals surface area contributed by atoms with Crippen molar-refractivity contribution in [1.82, 2.24) is 9.78 Å². The van der Waals surface area contributed by atoms with E-state index < -0.39 is 0 Å². The lowest BCUT2D eigenvalue weighted by Crippen LogP contribution is -2.18. The predicted octanol–water partition coefficient (Wildman–Crippen LogP) is 1.49. The van der Waals surface area contributed by atoms with E-state index in [0.717, 1.165) is 5.49 Å². The average molecular weight is 165 g/mol. The smallest absolute Gasteiger partial charge is 0.148 e. The minimum absolute atomic E-state index is 0.803. The molecule has 0 N–H and O–H groups in total. The van der Waals surface area contributed by atoms with Crippen molar-refractivity contribution in [2.75, 3.05) is 0 Å². The van der Waals surface area contributed by atoms with Gasteiger partial charge in [-0.1, -0.05) is 20.4 Å². The number of hydrogen-bond donors (Lipinski definition) is 0. The second kappa shape index (κ2) is 6.34. The third-order valence-electron chi connectivity index (χ3n) is 1.13. The standard InChI is InChI=1S/C7H9N3.C2H6/c1-3-8-7-5-4-6-9-10(7)2;1-2/h3-6H,1H2,2H3;1-2H3. The van der Waals surface area contributed by atoms with E-state index in [4.69, 9.17) is 0 Å². The number of rotatable bonds is 1. The first-order valence-electron chi connectivity index (χ1n) is 3.97. The maximum absolute atomic E-state index is 3.97. The van der Waals surface area contributed by atoms with Crippen molar-refractivity contribution in [2.24, 2.45) is 12.0 Å². The first kappa shape index (κ1) is 10.6. The zero-order valence-corrected chi connectivity index (χ0v) is 7.86. The molecule has 0 spiro atoms. The van der Waals surface area contributed by atoms with Gasteiger partial charge < -0.3 is 0 Å². The van der Waals surface area contributed by atoms with Gasteiger partial charge in [0.05, 0.1) is 0 Å². The lowest BCUT2D eigenvalue weighted by atomic mass is 10.6. The van der Waals surface area contributed by atoms with Crippen LogP contribution in [-0.2, 0) is 7.05 Å². The summed E-state index contributed by atoms with van der Waals surface area (Å²) in [6.45, 7) is 7.49. The van der Waals surface area contributed by atoms with Crippen molar-refractivity contribution in [2.45, 2.75) is 13.8 Å². The van der Waals surface area contributed by atoms with E-state index >= 15 is 0 Å². The fourth-order valence-corrected chi connectivity index (χ4v) is 0.655. The van der Waals surface area contributed by atoms with Gasteiger partial charge in [0, 0.05) is 19.4 Å². The molecule has 66 valence electrons. The highest BCUT2D eigenvalue weighted by Gasteiger charge is 1.80. The molecule has 0 aliphatic carbocycles. The molecule has 0 aromatic carbocycles. The second-order valence-electron chi connectivity index (χ2n) is 1.82. The van der Waals surface area contributed by atoms with Crippen LogP contribution in [0.5, 0.6) is 0 Å². The predicted molar refractivity (Wildman–Crippen MR) is 50.3 cm³/mol. The molecule has 0 atom stereocenters. The molecular weight excluding hydrogens is 150 g/mol. The van der Waals surface area contributed by atoms with Gasteiger partial charge in [0.1, 0.15) is 5.49 Å². The molecule has 0 bridgehead atoms. The molecular formula is C9H15N3. The Morgan fingerprint density at radius 1 is 1.58 bits per heavy atom. The van der Waals surface area contributed by atoms with Crippen molar-refractivity contribution >= 4 is 0 Å². The molecule has 0 saturated carbocycles. The largest absolute Gasteiger partial charge is 0.251 e. The average Bonchev–Trinajstić information content (AvgIpc) is 2.13. The van der Waals surface area contributed by atoms with Crippen LogP contribution in [0.15, 0.2) is 36.1 Å².